The molecule has 0 atom stereocenters. The Morgan fingerprint density at radius 2 is 2.36 bits per heavy atom. The Hall–Kier alpha value is -1.07. The van der Waals surface area contributed by atoms with E-state index in [2.05, 4.69) is 17.3 Å². The number of carbonyl (C=O) groups excluding carboxylic acids is 1. The van der Waals surface area contributed by atoms with Crippen LogP contribution in [0.3, 0.4) is 0 Å². The SMILES string of the molecule is C#CCNCC(=O)C1=CCCCCC1. The Morgan fingerprint density at radius 3 is 3.14 bits per heavy atom. The molecule has 0 unspecified atom stereocenters. The molecule has 2 nitrogen and oxygen atoms in total. The first-order valence-corrected chi connectivity index (χ1v) is 5.21. The molecule has 0 aromatic carbocycles. The van der Waals surface area contributed by atoms with Crippen LogP contribution in [0.1, 0.15) is 32.1 Å². The Morgan fingerprint density at radius 1 is 1.50 bits per heavy atom. The zero-order valence-corrected chi connectivity index (χ0v) is 8.51. The van der Waals surface area contributed by atoms with Crippen molar-refractivity contribution in [2.75, 3.05) is 13.1 Å². The van der Waals surface area contributed by atoms with Crippen molar-refractivity contribution in [1.82, 2.24) is 5.32 Å². The number of carbonyl (C=O) groups is 1. The molecule has 0 aliphatic heterocycles. The van der Waals surface area contributed by atoms with Gasteiger partial charge in [0.1, 0.15) is 0 Å². The van der Waals surface area contributed by atoms with Gasteiger partial charge in [0.05, 0.1) is 13.1 Å². The molecule has 14 heavy (non-hydrogen) atoms. The van der Waals surface area contributed by atoms with Gasteiger partial charge in [-0.05, 0) is 31.3 Å². The number of terminal acetylenes is 1. The van der Waals surface area contributed by atoms with Gasteiger partial charge in [-0.3, -0.25) is 10.1 Å². The number of allylic oxidation sites excluding steroid dienone is 1. The normalized spacial score (nSPS) is 16.6. The van der Waals surface area contributed by atoms with Gasteiger partial charge in [0.25, 0.3) is 0 Å². The second-order valence-corrected chi connectivity index (χ2v) is 3.56. The zero-order valence-electron chi connectivity index (χ0n) is 8.51. The van der Waals surface area contributed by atoms with Crippen molar-refractivity contribution in [3.63, 3.8) is 0 Å². The van der Waals surface area contributed by atoms with E-state index in [-0.39, 0.29) is 5.78 Å². The fraction of sp³-hybridized carbons (Fsp3) is 0.583. The van der Waals surface area contributed by atoms with Crippen LogP contribution in [0.2, 0.25) is 0 Å². The summed E-state index contributed by atoms with van der Waals surface area (Å²) in [5.41, 5.74) is 0.993. The molecule has 0 bridgehead atoms. The summed E-state index contributed by atoms with van der Waals surface area (Å²) in [7, 11) is 0. The van der Waals surface area contributed by atoms with Gasteiger partial charge in [-0.15, -0.1) is 6.42 Å². The smallest absolute Gasteiger partial charge is 0.172 e. The minimum atomic E-state index is 0.210. The van der Waals surface area contributed by atoms with E-state index in [1.165, 1.54) is 12.8 Å². The van der Waals surface area contributed by atoms with E-state index in [4.69, 9.17) is 6.42 Å². The fourth-order valence-electron chi connectivity index (χ4n) is 1.63. The van der Waals surface area contributed by atoms with Crippen LogP contribution in [0, 0.1) is 12.3 Å². The molecule has 1 N–H and O–H groups in total. The first-order chi connectivity index (χ1) is 6.84. The predicted molar refractivity (Wildman–Crippen MR) is 57.9 cm³/mol. The summed E-state index contributed by atoms with van der Waals surface area (Å²) in [6.45, 7) is 0.856. The molecule has 1 aliphatic rings. The molecule has 76 valence electrons. The van der Waals surface area contributed by atoms with Gasteiger partial charge in [-0.2, -0.15) is 0 Å². The van der Waals surface area contributed by atoms with Crippen LogP contribution in [0.4, 0.5) is 0 Å². The maximum Gasteiger partial charge on any atom is 0.172 e. The maximum atomic E-state index is 11.6. The number of hydrogen-bond acceptors (Lipinski definition) is 2. The lowest BCUT2D eigenvalue weighted by molar-refractivity contribution is -0.114. The molecule has 0 amide bonds. The van der Waals surface area contributed by atoms with E-state index in [0.29, 0.717) is 13.1 Å². The molecule has 0 heterocycles. The molecule has 0 saturated heterocycles. The third-order valence-electron chi connectivity index (χ3n) is 2.41. The average molecular weight is 191 g/mol. The maximum absolute atomic E-state index is 11.6. The first kappa shape index (κ1) is 11.0. The number of ketones is 1. The minimum Gasteiger partial charge on any atom is -0.299 e. The van der Waals surface area contributed by atoms with Crippen molar-refractivity contribution in [3.05, 3.63) is 11.6 Å². The van der Waals surface area contributed by atoms with E-state index in [1.807, 2.05) is 0 Å². The lowest BCUT2D eigenvalue weighted by Crippen LogP contribution is -2.24. The summed E-state index contributed by atoms with van der Waals surface area (Å²) in [4.78, 5) is 11.6. The largest absolute Gasteiger partial charge is 0.299 e. The molecular formula is C12H17NO. The molecule has 1 aliphatic carbocycles. The monoisotopic (exact) mass is 191 g/mol. The highest BCUT2D eigenvalue weighted by atomic mass is 16.1. The number of hydrogen-bond donors (Lipinski definition) is 1. The van der Waals surface area contributed by atoms with Crippen LogP contribution >= 0.6 is 0 Å². The standard InChI is InChI=1S/C12H17NO/c1-2-9-13-10-12(14)11-7-5-3-4-6-8-11/h1,7,13H,3-6,8-10H2. The number of Topliss-reactive ketones (excluding diaryl/α,β-unsaturated/α-hetero) is 1. The van der Waals surface area contributed by atoms with Crippen molar-refractivity contribution < 1.29 is 4.79 Å². The van der Waals surface area contributed by atoms with Gasteiger partial charge in [0, 0.05) is 0 Å². The second-order valence-electron chi connectivity index (χ2n) is 3.56. The predicted octanol–water partition coefficient (Wildman–Crippen LogP) is 1.67. The number of rotatable bonds is 4. The molecule has 0 fully saturated rings. The van der Waals surface area contributed by atoms with E-state index >= 15 is 0 Å². The van der Waals surface area contributed by atoms with Crippen LogP contribution in [-0.2, 0) is 4.79 Å². The quantitative estimate of drug-likeness (QED) is 0.541. The number of nitrogens with one attached hydrogen (secondary N) is 1. The van der Waals surface area contributed by atoms with Crippen molar-refractivity contribution in [1.29, 1.82) is 0 Å². The van der Waals surface area contributed by atoms with Gasteiger partial charge in [0.2, 0.25) is 0 Å². The molecule has 0 aromatic rings. The minimum absolute atomic E-state index is 0.210. The third-order valence-corrected chi connectivity index (χ3v) is 2.41. The van der Waals surface area contributed by atoms with Gasteiger partial charge < -0.3 is 0 Å². The third kappa shape index (κ3) is 3.76. The molecule has 0 saturated carbocycles. The fourth-order valence-corrected chi connectivity index (χ4v) is 1.63. The summed E-state index contributed by atoms with van der Waals surface area (Å²) < 4.78 is 0. The van der Waals surface area contributed by atoms with E-state index < -0.39 is 0 Å². The van der Waals surface area contributed by atoms with Crippen molar-refractivity contribution in [2.24, 2.45) is 0 Å². The summed E-state index contributed by atoms with van der Waals surface area (Å²) in [5, 5.41) is 2.93. The van der Waals surface area contributed by atoms with Crippen molar-refractivity contribution in [2.45, 2.75) is 32.1 Å². The molecule has 2 heteroatoms. The highest BCUT2D eigenvalue weighted by molar-refractivity contribution is 5.96. The highest BCUT2D eigenvalue weighted by Crippen LogP contribution is 2.17. The summed E-state index contributed by atoms with van der Waals surface area (Å²) in [6, 6.07) is 0. The van der Waals surface area contributed by atoms with E-state index in [9.17, 15) is 4.79 Å². The van der Waals surface area contributed by atoms with Crippen molar-refractivity contribution >= 4 is 5.78 Å². The van der Waals surface area contributed by atoms with Crippen LogP contribution in [0.15, 0.2) is 11.6 Å². The van der Waals surface area contributed by atoms with Crippen LogP contribution < -0.4 is 5.32 Å². The van der Waals surface area contributed by atoms with Gasteiger partial charge in [0.15, 0.2) is 5.78 Å². The molecule has 1 rings (SSSR count). The van der Waals surface area contributed by atoms with Gasteiger partial charge in [-0.1, -0.05) is 18.4 Å². The molecular weight excluding hydrogens is 174 g/mol. The van der Waals surface area contributed by atoms with Crippen LogP contribution in [0.5, 0.6) is 0 Å². The lowest BCUT2D eigenvalue weighted by Gasteiger charge is -2.03. The second kappa shape index (κ2) is 6.39. The Kier molecular flexibility index (Phi) is 5.03. The zero-order chi connectivity index (χ0) is 10.2. The Labute approximate surface area is 85.8 Å². The van der Waals surface area contributed by atoms with Crippen LogP contribution in [-0.4, -0.2) is 18.9 Å². The van der Waals surface area contributed by atoms with E-state index in [1.54, 1.807) is 0 Å². The molecule has 0 radical (unpaired) electrons. The van der Waals surface area contributed by atoms with Gasteiger partial charge >= 0.3 is 0 Å². The van der Waals surface area contributed by atoms with E-state index in [0.717, 1.165) is 24.8 Å². The summed E-state index contributed by atoms with van der Waals surface area (Å²) >= 11 is 0. The highest BCUT2D eigenvalue weighted by Gasteiger charge is 2.10. The lowest BCUT2D eigenvalue weighted by atomic mass is 10.1. The van der Waals surface area contributed by atoms with Gasteiger partial charge in [-0.25, -0.2) is 0 Å². The topological polar surface area (TPSA) is 29.1 Å². The van der Waals surface area contributed by atoms with Crippen molar-refractivity contribution in [3.8, 4) is 12.3 Å². The molecule has 0 spiro atoms. The Balaban J connectivity index is 2.35. The average Bonchev–Trinajstić information content (AvgIpc) is 2.46. The summed E-state index contributed by atoms with van der Waals surface area (Å²) in [6.07, 6.45) is 12.8. The first-order valence-electron chi connectivity index (χ1n) is 5.21. The molecule has 0 aromatic heterocycles. The Bertz CT molecular complexity index is 260. The van der Waals surface area contributed by atoms with Crippen LogP contribution in [0.25, 0.3) is 0 Å². The summed E-state index contributed by atoms with van der Waals surface area (Å²) in [5.74, 6) is 2.67.